The number of aliphatic hydroxyl groups excluding tert-OH is 1. The third kappa shape index (κ3) is 7.45. The number of anilines is 1. The van der Waals surface area contributed by atoms with Crippen LogP contribution in [0, 0.1) is 0 Å². The summed E-state index contributed by atoms with van der Waals surface area (Å²) in [5, 5.41) is 30.9. The zero-order valence-electron chi connectivity index (χ0n) is 26.5. The number of amidine groups is 1. The number of fused-ring (bicyclic) bond motifs is 1. The fourth-order valence-corrected chi connectivity index (χ4v) is 6.56. The number of β-lactam (4-membered cyclic amide) rings is 1. The van der Waals surface area contributed by atoms with Gasteiger partial charge in [-0.2, -0.15) is 13.5 Å². The zero-order chi connectivity index (χ0) is 35.9. The van der Waals surface area contributed by atoms with Gasteiger partial charge in [-0.3, -0.25) is 19.1 Å². The lowest BCUT2D eigenvalue weighted by atomic mass is 9.84. The molecule has 0 bridgehead atoms. The number of benzene rings is 1. The van der Waals surface area contributed by atoms with Crippen LogP contribution in [0.5, 0.6) is 5.75 Å². The molecule has 0 radical (unpaired) electrons. The van der Waals surface area contributed by atoms with Crippen molar-refractivity contribution in [3.8, 4) is 5.75 Å². The smallest absolute Gasteiger partial charge is 0.418 e. The van der Waals surface area contributed by atoms with Crippen molar-refractivity contribution in [2.24, 2.45) is 15.9 Å². The molecule has 49 heavy (non-hydrogen) atoms. The third-order valence-corrected chi connectivity index (χ3v) is 9.39. The fourth-order valence-electron chi connectivity index (χ4n) is 5.55. The molecule has 0 unspecified atom stereocenters. The van der Waals surface area contributed by atoms with Crippen LogP contribution in [-0.2, 0) is 40.3 Å². The van der Waals surface area contributed by atoms with Crippen LogP contribution < -0.4 is 26.8 Å². The summed E-state index contributed by atoms with van der Waals surface area (Å²) in [5.41, 5.74) is 9.05. The average molecular weight is 725 g/mol. The second-order valence-electron chi connectivity index (χ2n) is 12.4. The van der Waals surface area contributed by atoms with Crippen LogP contribution in [0.25, 0.3) is 0 Å². The summed E-state index contributed by atoms with van der Waals surface area (Å²) < 4.78 is 41.7. The number of aromatic nitrogens is 1. The van der Waals surface area contributed by atoms with Gasteiger partial charge < -0.3 is 41.9 Å². The van der Waals surface area contributed by atoms with Crippen LogP contribution in [0.1, 0.15) is 50.4 Å². The number of aliphatic carboxylic acids is 1. The molecule has 5 atom stereocenters. The van der Waals surface area contributed by atoms with Crippen LogP contribution in [-0.4, -0.2) is 111 Å². The Hall–Kier alpha value is -4.41. The van der Waals surface area contributed by atoms with Crippen molar-refractivity contribution in [3.05, 3.63) is 40.4 Å². The zero-order valence-corrected chi connectivity index (χ0v) is 28.2. The standard InChI is InChI=1S/C28H36N8O11S2/c1-27(2)21(24(39)36(27)47-49(42,43)44)34-23(38)20(17-12-48-26(30)33-17)35-46-28(3,25(40)41)19-7-5-13-8-14(4-6-18(13)45-19)22-31-10-16(32-22)9-15(29)11-37/h4,6,8,12,15-16,19,21,37H,5,7,9-11,29H2,1-3H3,(H2,30,33)(H,31,32)(H,34,38)(H,40,41)(H,42,43,44)/b35-20-/t15-,16+,19-,21-,28+/m1/s1. The van der Waals surface area contributed by atoms with E-state index in [0.29, 0.717) is 36.0 Å². The van der Waals surface area contributed by atoms with Crippen molar-refractivity contribution in [2.45, 2.75) is 75.4 Å². The van der Waals surface area contributed by atoms with E-state index in [0.717, 1.165) is 22.5 Å². The van der Waals surface area contributed by atoms with Gasteiger partial charge in [0.2, 0.25) is 0 Å². The van der Waals surface area contributed by atoms with E-state index in [1.54, 1.807) is 12.1 Å². The SMILES string of the molecule is CC1(C)[C@H](NC(=O)/C(=N\O[C@](C)(C(=O)O)[C@H]2CCc3cc(C4=NC[C@H](C[C@@H](N)CO)N4)ccc3O2)c2csc(N)n2)C(=O)N1OS(=O)(=O)O. The number of hydroxylamine groups is 2. The number of hydrogen-bond acceptors (Lipinski definition) is 16. The molecule has 3 aliphatic rings. The number of amides is 2. The molecular formula is C28H36N8O11S2. The summed E-state index contributed by atoms with van der Waals surface area (Å²) in [4.78, 5) is 52.9. The second kappa shape index (κ2) is 13.5. The van der Waals surface area contributed by atoms with E-state index in [1.165, 1.54) is 26.2 Å². The summed E-state index contributed by atoms with van der Waals surface area (Å²) in [6, 6.07) is 3.66. The van der Waals surface area contributed by atoms with E-state index < -0.39 is 57.2 Å². The van der Waals surface area contributed by atoms with Crippen molar-refractivity contribution in [1.29, 1.82) is 0 Å². The number of aliphatic imine (C=N–C) groups is 1. The topological polar surface area (TPSA) is 291 Å². The minimum absolute atomic E-state index is 0.00928. The molecule has 1 saturated heterocycles. The number of hydrogen-bond donors (Lipinski definition) is 7. The summed E-state index contributed by atoms with van der Waals surface area (Å²) in [7, 11) is -5.03. The monoisotopic (exact) mass is 724 g/mol. The first-order chi connectivity index (χ1) is 22.9. The fraction of sp³-hybridized carbons (Fsp3) is 0.500. The Morgan fingerprint density at radius 2 is 2.10 bits per heavy atom. The van der Waals surface area contributed by atoms with Gasteiger partial charge in [-0.15, -0.1) is 15.6 Å². The molecule has 1 aromatic carbocycles. The highest BCUT2D eigenvalue weighted by molar-refractivity contribution is 7.80. The van der Waals surface area contributed by atoms with E-state index in [9.17, 15) is 33.0 Å². The number of nitrogens with two attached hydrogens (primary N) is 2. The number of carbonyl (C=O) groups excluding carboxylic acids is 2. The first kappa shape index (κ1) is 35.9. The molecule has 4 heterocycles. The molecule has 266 valence electrons. The number of nitrogen functional groups attached to an aromatic ring is 1. The molecule has 9 N–H and O–H groups in total. The largest absolute Gasteiger partial charge is 0.485 e. The first-order valence-corrected chi connectivity index (χ1v) is 17.2. The predicted molar refractivity (Wildman–Crippen MR) is 173 cm³/mol. The van der Waals surface area contributed by atoms with E-state index in [2.05, 4.69) is 30.0 Å². The molecule has 0 aliphatic carbocycles. The van der Waals surface area contributed by atoms with Crippen molar-refractivity contribution in [1.82, 2.24) is 20.7 Å². The summed E-state index contributed by atoms with van der Waals surface area (Å²) in [6.45, 7) is 4.36. The number of carboxylic acids is 1. The number of oxime groups is 1. The van der Waals surface area contributed by atoms with E-state index in [-0.39, 0.29) is 35.9 Å². The Morgan fingerprint density at radius 1 is 1.37 bits per heavy atom. The van der Waals surface area contributed by atoms with Crippen LogP contribution in [0.3, 0.4) is 0 Å². The molecule has 1 fully saturated rings. The Kier molecular flexibility index (Phi) is 9.87. The number of nitrogens with one attached hydrogen (secondary N) is 2. The molecule has 19 nitrogen and oxygen atoms in total. The lowest BCUT2D eigenvalue weighted by Gasteiger charge is -2.50. The summed E-state index contributed by atoms with van der Waals surface area (Å²) in [5.74, 6) is -2.37. The van der Waals surface area contributed by atoms with Crippen LogP contribution in [0.2, 0.25) is 0 Å². The highest BCUT2D eigenvalue weighted by Gasteiger charge is 2.58. The lowest BCUT2D eigenvalue weighted by molar-refractivity contribution is -0.218. The van der Waals surface area contributed by atoms with Crippen molar-refractivity contribution in [2.75, 3.05) is 18.9 Å². The summed E-state index contributed by atoms with van der Waals surface area (Å²) >= 11 is 0.961. The molecular weight excluding hydrogens is 688 g/mol. The average Bonchev–Trinajstić information content (AvgIpc) is 3.70. The van der Waals surface area contributed by atoms with Gasteiger partial charge in [-0.05, 0) is 63.8 Å². The van der Waals surface area contributed by atoms with Gasteiger partial charge in [-0.1, -0.05) is 5.16 Å². The maximum atomic E-state index is 13.4. The molecule has 2 amide bonds. The molecule has 0 spiro atoms. The van der Waals surface area contributed by atoms with Crippen molar-refractivity contribution in [3.63, 3.8) is 0 Å². The highest BCUT2D eigenvalue weighted by atomic mass is 32.3. The minimum atomic E-state index is -5.03. The molecule has 5 rings (SSSR count). The summed E-state index contributed by atoms with van der Waals surface area (Å²) in [6.07, 6.45) is 0.0897. The van der Waals surface area contributed by atoms with Gasteiger partial charge in [0.25, 0.3) is 17.4 Å². The Bertz CT molecular complexity index is 1810. The highest BCUT2D eigenvalue weighted by Crippen LogP contribution is 2.35. The van der Waals surface area contributed by atoms with E-state index in [4.69, 9.17) is 25.6 Å². The number of carboxylic acid groups (broad SMARTS) is 1. The molecule has 1 aromatic heterocycles. The molecule has 3 aliphatic heterocycles. The van der Waals surface area contributed by atoms with Gasteiger partial charge in [0, 0.05) is 23.0 Å². The minimum Gasteiger partial charge on any atom is -0.485 e. The van der Waals surface area contributed by atoms with Gasteiger partial charge in [0.15, 0.2) is 16.9 Å². The number of nitrogens with zero attached hydrogens (tertiary/aromatic N) is 4. The maximum Gasteiger partial charge on any atom is 0.418 e. The quantitative estimate of drug-likeness (QED) is 0.0561. The third-order valence-electron chi connectivity index (χ3n) is 8.38. The number of aryl methyl sites for hydroxylation is 1. The number of aliphatic hydroxyl groups is 1. The second-order valence-corrected chi connectivity index (χ2v) is 14.3. The van der Waals surface area contributed by atoms with Gasteiger partial charge >= 0.3 is 16.4 Å². The van der Waals surface area contributed by atoms with Crippen molar-refractivity contribution < 1.29 is 51.4 Å². The molecule has 2 aromatic rings. The molecule has 21 heteroatoms. The first-order valence-electron chi connectivity index (χ1n) is 14.9. The maximum absolute atomic E-state index is 13.4. The Morgan fingerprint density at radius 3 is 2.71 bits per heavy atom. The van der Waals surface area contributed by atoms with Crippen molar-refractivity contribution >= 4 is 56.2 Å². The van der Waals surface area contributed by atoms with Crippen LogP contribution >= 0.6 is 11.3 Å². The number of thiazole rings is 1. The number of ether oxygens (including phenoxy) is 1. The van der Waals surface area contributed by atoms with Gasteiger partial charge in [-0.25, -0.2) is 9.78 Å². The lowest BCUT2D eigenvalue weighted by Crippen LogP contribution is -2.76. The Balaban J connectivity index is 1.33. The normalized spacial score (nSPS) is 23.6. The predicted octanol–water partition coefficient (Wildman–Crippen LogP) is -1.05. The molecule has 0 saturated carbocycles. The number of carbonyl (C=O) groups is 3. The van der Waals surface area contributed by atoms with Gasteiger partial charge in [0.1, 0.15) is 23.3 Å². The van der Waals surface area contributed by atoms with Crippen LogP contribution in [0.4, 0.5) is 5.13 Å². The number of rotatable bonds is 13. The van der Waals surface area contributed by atoms with Crippen LogP contribution in [0.15, 0.2) is 33.7 Å². The van der Waals surface area contributed by atoms with Gasteiger partial charge in [0.05, 0.1) is 18.7 Å². The van der Waals surface area contributed by atoms with E-state index >= 15 is 0 Å². The van der Waals surface area contributed by atoms with E-state index in [1.807, 2.05) is 6.07 Å². The Labute approximate surface area is 284 Å².